The Morgan fingerprint density at radius 3 is 2.69 bits per heavy atom. The van der Waals surface area contributed by atoms with Gasteiger partial charge in [0.15, 0.2) is 0 Å². The summed E-state index contributed by atoms with van der Waals surface area (Å²) in [6.07, 6.45) is 0.869. The maximum Gasteiger partial charge on any atom is 0.0434 e. The van der Waals surface area contributed by atoms with Crippen LogP contribution >= 0.6 is 0 Å². The molecule has 0 bridgehead atoms. The molecule has 0 spiro atoms. The number of aliphatic hydroxyl groups excluding tert-OH is 1. The first-order chi connectivity index (χ1) is 7.63. The largest absolute Gasteiger partial charge is 0.396 e. The molecular weight excluding hydrogens is 198 g/mol. The Labute approximate surface area is 98.7 Å². The third-order valence-corrected chi connectivity index (χ3v) is 2.94. The molecule has 0 radical (unpaired) electrons. The minimum Gasteiger partial charge on any atom is -0.396 e. The van der Waals surface area contributed by atoms with Gasteiger partial charge in [0.2, 0.25) is 0 Å². The van der Waals surface area contributed by atoms with Crippen molar-refractivity contribution in [3.8, 4) is 0 Å². The van der Waals surface area contributed by atoms with Crippen LogP contribution in [0.2, 0.25) is 0 Å². The van der Waals surface area contributed by atoms with Crippen LogP contribution in [0.1, 0.15) is 37.4 Å². The van der Waals surface area contributed by atoms with Crippen LogP contribution in [0.3, 0.4) is 0 Å². The number of nitrogens with one attached hydrogen (secondary N) is 1. The van der Waals surface area contributed by atoms with Crippen molar-refractivity contribution in [1.82, 2.24) is 5.32 Å². The molecule has 2 atom stereocenters. The second-order valence-electron chi connectivity index (χ2n) is 4.66. The van der Waals surface area contributed by atoms with Gasteiger partial charge in [-0.15, -0.1) is 0 Å². The fourth-order valence-electron chi connectivity index (χ4n) is 1.76. The zero-order valence-corrected chi connectivity index (χ0v) is 10.5. The maximum atomic E-state index is 8.83. The molecule has 0 heterocycles. The van der Waals surface area contributed by atoms with Gasteiger partial charge in [-0.05, 0) is 38.3 Å². The summed E-state index contributed by atoms with van der Waals surface area (Å²) in [4.78, 5) is 0. The average Bonchev–Trinajstić information content (AvgIpc) is 2.26. The van der Waals surface area contributed by atoms with Crippen molar-refractivity contribution in [2.24, 2.45) is 5.92 Å². The smallest absolute Gasteiger partial charge is 0.0434 e. The van der Waals surface area contributed by atoms with E-state index >= 15 is 0 Å². The number of hydrogen-bond acceptors (Lipinski definition) is 2. The molecule has 0 aliphatic carbocycles. The molecule has 2 nitrogen and oxygen atoms in total. The molecule has 2 unspecified atom stereocenters. The average molecular weight is 221 g/mol. The van der Waals surface area contributed by atoms with Gasteiger partial charge in [0.25, 0.3) is 0 Å². The predicted octanol–water partition coefficient (Wildman–Crippen LogP) is 2.66. The van der Waals surface area contributed by atoms with Crippen molar-refractivity contribution in [2.45, 2.75) is 33.2 Å². The summed E-state index contributed by atoms with van der Waals surface area (Å²) < 4.78 is 0. The summed E-state index contributed by atoms with van der Waals surface area (Å²) in [5, 5.41) is 12.3. The molecule has 0 aromatic heterocycles. The molecule has 1 aromatic rings. The first-order valence-electron chi connectivity index (χ1n) is 6.04. The van der Waals surface area contributed by atoms with Crippen LogP contribution < -0.4 is 5.32 Å². The summed E-state index contributed by atoms with van der Waals surface area (Å²) >= 11 is 0. The molecule has 0 aliphatic rings. The standard InChI is InChI=1S/C14H23NO/c1-11-5-4-6-14(9-11)13(3)15-10-12(2)7-8-16/h4-6,9,12-13,15-16H,7-8,10H2,1-3H3. The molecular formula is C14H23NO. The Morgan fingerprint density at radius 1 is 1.31 bits per heavy atom. The monoisotopic (exact) mass is 221 g/mol. The summed E-state index contributed by atoms with van der Waals surface area (Å²) in [6.45, 7) is 7.69. The van der Waals surface area contributed by atoms with Crippen LogP contribution in [0, 0.1) is 12.8 Å². The van der Waals surface area contributed by atoms with Gasteiger partial charge < -0.3 is 10.4 Å². The molecule has 2 heteroatoms. The van der Waals surface area contributed by atoms with E-state index in [0.717, 1.165) is 13.0 Å². The second kappa shape index (κ2) is 6.66. The Hall–Kier alpha value is -0.860. The first-order valence-corrected chi connectivity index (χ1v) is 6.04. The lowest BCUT2D eigenvalue weighted by molar-refractivity contribution is 0.258. The molecule has 0 aliphatic heterocycles. The molecule has 2 N–H and O–H groups in total. The van der Waals surface area contributed by atoms with E-state index in [1.165, 1.54) is 11.1 Å². The fourth-order valence-corrected chi connectivity index (χ4v) is 1.76. The summed E-state index contributed by atoms with van der Waals surface area (Å²) in [5.41, 5.74) is 2.63. The number of rotatable bonds is 6. The number of aryl methyl sites for hydroxylation is 1. The maximum absolute atomic E-state index is 8.83. The van der Waals surface area contributed by atoms with Gasteiger partial charge in [-0.3, -0.25) is 0 Å². The first kappa shape index (κ1) is 13.2. The van der Waals surface area contributed by atoms with E-state index in [2.05, 4.69) is 50.4 Å². The minimum absolute atomic E-state index is 0.279. The Bertz CT molecular complexity index is 311. The van der Waals surface area contributed by atoms with Crippen LogP contribution in [0.4, 0.5) is 0 Å². The lowest BCUT2D eigenvalue weighted by Crippen LogP contribution is -2.25. The lowest BCUT2D eigenvalue weighted by Gasteiger charge is -2.18. The van der Waals surface area contributed by atoms with Gasteiger partial charge in [-0.1, -0.05) is 36.8 Å². The normalized spacial score (nSPS) is 14.8. The number of hydrogen-bond donors (Lipinski definition) is 2. The second-order valence-corrected chi connectivity index (χ2v) is 4.66. The van der Waals surface area contributed by atoms with Gasteiger partial charge >= 0.3 is 0 Å². The fraction of sp³-hybridized carbons (Fsp3) is 0.571. The SMILES string of the molecule is Cc1cccc(C(C)NCC(C)CCO)c1. The van der Waals surface area contributed by atoms with Crippen LogP contribution in [0.25, 0.3) is 0 Å². The van der Waals surface area contributed by atoms with Gasteiger partial charge in [-0.2, -0.15) is 0 Å². The topological polar surface area (TPSA) is 32.3 Å². The van der Waals surface area contributed by atoms with Crippen molar-refractivity contribution in [2.75, 3.05) is 13.2 Å². The molecule has 0 saturated heterocycles. The van der Waals surface area contributed by atoms with Crippen LogP contribution in [0.15, 0.2) is 24.3 Å². The van der Waals surface area contributed by atoms with Crippen molar-refractivity contribution in [3.63, 3.8) is 0 Å². The minimum atomic E-state index is 0.279. The molecule has 1 rings (SSSR count). The van der Waals surface area contributed by atoms with Crippen molar-refractivity contribution in [3.05, 3.63) is 35.4 Å². The highest BCUT2D eigenvalue weighted by Gasteiger charge is 2.07. The number of aliphatic hydroxyl groups is 1. The van der Waals surface area contributed by atoms with Crippen LogP contribution in [-0.4, -0.2) is 18.3 Å². The van der Waals surface area contributed by atoms with E-state index < -0.39 is 0 Å². The van der Waals surface area contributed by atoms with E-state index in [-0.39, 0.29) is 6.61 Å². The van der Waals surface area contributed by atoms with Gasteiger partial charge in [0, 0.05) is 12.6 Å². The molecule has 16 heavy (non-hydrogen) atoms. The highest BCUT2D eigenvalue weighted by molar-refractivity contribution is 5.24. The summed E-state index contributed by atoms with van der Waals surface area (Å²) in [5.74, 6) is 0.525. The highest BCUT2D eigenvalue weighted by atomic mass is 16.3. The zero-order chi connectivity index (χ0) is 12.0. The van der Waals surface area contributed by atoms with Crippen molar-refractivity contribution < 1.29 is 5.11 Å². The van der Waals surface area contributed by atoms with Crippen LogP contribution in [-0.2, 0) is 0 Å². The van der Waals surface area contributed by atoms with E-state index in [1.54, 1.807) is 0 Å². The molecule has 0 fully saturated rings. The third kappa shape index (κ3) is 4.33. The molecule has 0 saturated carbocycles. The van der Waals surface area contributed by atoms with E-state index in [0.29, 0.717) is 12.0 Å². The van der Waals surface area contributed by atoms with Crippen LogP contribution in [0.5, 0.6) is 0 Å². The zero-order valence-electron chi connectivity index (χ0n) is 10.5. The van der Waals surface area contributed by atoms with Gasteiger partial charge in [-0.25, -0.2) is 0 Å². The van der Waals surface area contributed by atoms with Gasteiger partial charge in [0.1, 0.15) is 0 Å². The van der Waals surface area contributed by atoms with E-state index in [4.69, 9.17) is 5.11 Å². The predicted molar refractivity (Wildman–Crippen MR) is 68.5 cm³/mol. The lowest BCUT2D eigenvalue weighted by atomic mass is 10.0. The molecule has 1 aromatic carbocycles. The van der Waals surface area contributed by atoms with E-state index in [1.807, 2.05) is 0 Å². The Kier molecular flexibility index (Phi) is 5.50. The van der Waals surface area contributed by atoms with Crippen molar-refractivity contribution in [1.29, 1.82) is 0 Å². The molecule has 90 valence electrons. The summed E-state index contributed by atoms with van der Waals surface area (Å²) in [6, 6.07) is 8.96. The highest BCUT2D eigenvalue weighted by Crippen LogP contribution is 2.14. The summed E-state index contributed by atoms with van der Waals surface area (Å²) in [7, 11) is 0. The van der Waals surface area contributed by atoms with Crippen molar-refractivity contribution >= 4 is 0 Å². The Balaban J connectivity index is 2.43. The third-order valence-electron chi connectivity index (χ3n) is 2.94. The van der Waals surface area contributed by atoms with Gasteiger partial charge in [0.05, 0.1) is 0 Å². The quantitative estimate of drug-likeness (QED) is 0.774. The molecule has 0 amide bonds. The van der Waals surface area contributed by atoms with E-state index in [9.17, 15) is 0 Å². The Morgan fingerprint density at radius 2 is 2.06 bits per heavy atom. The number of benzene rings is 1.